The molecule has 3 aromatic rings. The van der Waals surface area contributed by atoms with Crippen molar-refractivity contribution in [3.8, 4) is 0 Å². The van der Waals surface area contributed by atoms with E-state index in [2.05, 4.69) is 20.5 Å². The van der Waals surface area contributed by atoms with Gasteiger partial charge >= 0.3 is 0 Å². The standard InChI is InChI=1S/C11H11N5S/c12-7-1-2-9-10(5-7)17-11(15-9)13-6-8-3-4-14-16-8/h1-5H,6,12H2,(H,13,15)(H,14,16). The van der Waals surface area contributed by atoms with Gasteiger partial charge in [-0.1, -0.05) is 11.3 Å². The summed E-state index contributed by atoms with van der Waals surface area (Å²) in [7, 11) is 0. The first-order valence-corrected chi connectivity index (χ1v) is 6.01. The zero-order chi connectivity index (χ0) is 11.7. The highest BCUT2D eigenvalue weighted by atomic mass is 32.1. The van der Waals surface area contributed by atoms with E-state index in [0.29, 0.717) is 6.54 Å². The summed E-state index contributed by atoms with van der Waals surface area (Å²) in [5.41, 5.74) is 8.49. The van der Waals surface area contributed by atoms with Gasteiger partial charge in [-0.05, 0) is 24.3 Å². The van der Waals surface area contributed by atoms with E-state index in [1.54, 1.807) is 17.5 Å². The minimum Gasteiger partial charge on any atom is -0.399 e. The number of aromatic nitrogens is 3. The number of nitrogens with zero attached hydrogens (tertiary/aromatic N) is 2. The van der Waals surface area contributed by atoms with Crippen molar-refractivity contribution in [1.29, 1.82) is 0 Å². The summed E-state index contributed by atoms with van der Waals surface area (Å²) in [6.07, 6.45) is 1.73. The molecule has 0 spiro atoms. The van der Waals surface area contributed by atoms with Crippen LogP contribution in [0.25, 0.3) is 10.2 Å². The first-order valence-electron chi connectivity index (χ1n) is 5.19. The summed E-state index contributed by atoms with van der Waals surface area (Å²) >= 11 is 1.60. The number of benzene rings is 1. The number of hydrogen-bond donors (Lipinski definition) is 3. The molecule has 17 heavy (non-hydrogen) atoms. The SMILES string of the molecule is Nc1ccc2nc(NCc3ccn[nH]3)sc2c1. The van der Waals surface area contributed by atoms with E-state index in [1.807, 2.05) is 24.3 Å². The normalized spacial score (nSPS) is 10.8. The molecule has 0 bridgehead atoms. The number of fused-ring (bicyclic) bond motifs is 1. The zero-order valence-corrected chi connectivity index (χ0v) is 9.79. The maximum absolute atomic E-state index is 5.73. The molecule has 0 saturated heterocycles. The molecule has 2 aromatic heterocycles. The number of nitrogen functional groups attached to an aromatic ring is 1. The minimum absolute atomic E-state index is 0.690. The van der Waals surface area contributed by atoms with Crippen molar-refractivity contribution in [1.82, 2.24) is 15.2 Å². The molecule has 0 amide bonds. The van der Waals surface area contributed by atoms with E-state index in [9.17, 15) is 0 Å². The van der Waals surface area contributed by atoms with Gasteiger partial charge in [0.05, 0.1) is 22.5 Å². The Kier molecular flexibility index (Phi) is 2.41. The van der Waals surface area contributed by atoms with Crippen LogP contribution in [0.15, 0.2) is 30.5 Å². The Hall–Kier alpha value is -2.08. The monoisotopic (exact) mass is 245 g/mol. The molecule has 4 N–H and O–H groups in total. The molecule has 0 aliphatic carbocycles. The van der Waals surface area contributed by atoms with Gasteiger partial charge in [0.15, 0.2) is 5.13 Å². The predicted molar refractivity (Wildman–Crippen MR) is 69.9 cm³/mol. The summed E-state index contributed by atoms with van der Waals surface area (Å²) in [4.78, 5) is 4.47. The molecule has 0 fully saturated rings. The van der Waals surface area contributed by atoms with E-state index in [4.69, 9.17) is 5.73 Å². The minimum atomic E-state index is 0.690. The van der Waals surface area contributed by atoms with Crippen LogP contribution in [-0.2, 0) is 6.54 Å². The van der Waals surface area contributed by atoms with Gasteiger partial charge < -0.3 is 11.1 Å². The van der Waals surface area contributed by atoms with Gasteiger partial charge in [-0.3, -0.25) is 5.10 Å². The number of nitrogens with one attached hydrogen (secondary N) is 2. The van der Waals surface area contributed by atoms with Crippen LogP contribution < -0.4 is 11.1 Å². The molecule has 0 saturated carbocycles. The molecule has 0 aliphatic rings. The average Bonchev–Trinajstić information content (AvgIpc) is 2.94. The van der Waals surface area contributed by atoms with Gasteiger partial charge in [0, 0.05) is 11.9 Å². The molecule has 5 nitrogen and oxygen atoms in total. The molecule has 0 aliphatic heterocycles. The summed E-state index contributed by atoms with van der Waals surface area (Å²) in [5, 5.41) is 10.9. The highest BCUT2D eigenvalue weighted by molar-refractivity contribution is 7.22. The zero-order valence-electron chi connectivity index (χ0n) is 8.97. The Balaban J connectivity index is 1.81. The van der Waals surface area contributed by atoms with Gasteiger partial charge in [0.25, 0.3) is 0 Å². The number of hydrogen-bond acceptors (Lipinski definition) is 5. The summed E-state index contributed by atoms with van der Waals surface area (Å²) in [6.45, 7) is 0.690. The lowest BCUT2D eigenvalue weighted by Crippen LogP contribution is -1.98. The first kappa shape index (κ1) is 10.1. The maximum Gasteiger partial charge on any atom is 0.184 e. The largest absolute Gasteiger partial charge is 0.399 e. The van der Waals surface area contributed by atoms with Crippen molar-refractivity contribution in [3.05, 3.63) is 36.2 Å². The Labute approximate surface area is 102 Å². The second-order valence-corrected chi connectivity index (χ2v) is 4.71. The van der Waals surface area contributed by atoms with Gasteiger partial charge in [-0.25, -0.2) is 4.98 Å². The third kappa shape index (κ3) is 2.07. The fourth-order valence-electron chi connectivity index (χ4n) is 1.57. The number of nitrogens with two attached hydrogens (primary N) is 1. The molecule has 6 heteroatoms. The third-order valence-corrected chi connectivity index (χ3v) is 3.38. The second kappa shape index (κ2) is 4.06. The van der Waals surface area contributed by atoms with Gasteiger partial charge in [-0.15, -0.1) is 0 Å². The quantitative estimate of drug-likeness (QED) is 0.618. The molecule has 86 valence electrons. The molecule has 0 atom stereocenters. The molecule has 2 heterocycles. The Morgan fingerprint density at radius 2 is 2.29 bits per heavy atom. The van der Waals surface area contributed by atoms with Crippen LogP contribution in [0.5, 0.6) is 0 Å². The van der Waals surface area contributed by atoms with Crippen LogP contribution >= 0.6 is 11.3 Å². The summed E-state index contributed by atoms with van der Waals surface area (Å²) in [5.74, 6) is 0. The molecule has 1 aromatic carbocycles. The molecular formula is C11H11N5S. The highest BCUT2D eigenvalue weighted by Gasteiger charge is 2.03. The highest BCUT2D eigenvalue weighted by Crippen LogP contribution is 2.27. The maximum atomic E-state index is 5.73. The van der Waals surface area contributed by atoms with E-state index >= 15 is 0 Å². The van der Waals surface area contributed by atoms with Crippen molar-refractivity contribution >= 4 is 32.4 Å². The van der Waals surface area contributed by atoms with Crippen molar-refractivity contribution in [2.45, 2.75) is 6.54 Å². The lowest BCUT2D eigenvalue weighted by atomic mass is 10.3. The number of H-pyrrole nitrogens is 1. The predicted octanol–water partition coefficient (Wildman–Crippen LogP) is 2.21. The number of anilines is 2. The van der Waals surface area contributed by atoms with E-state index in [1.165, 1.54) is 0 Å². The Bertz CT molecular complexity index is 628. The van der Waals surface area contributed by atoms with Crippen LogP contribution in [0.2, 0.25) is 0 Å². The van der Waals surface area contributed by atoms with E-state index in [0.717, 1.165) is 26.7 Å². The van der Waals surface area contributed by atoms with Crippen LogP contribution in [0.3, 0.4) is 0 Å². The van der Waals surface area contributed by atoms with Crippen LogP contribution in [0.4, 0.5) is 10.8 Å². The van der Waals surface area contributed by atoms with Crippen molar-refractivity contribution in [2.75, 3.05) is 11.1 Å². The van der Waals surface area contributed by atoms with Gasteiger partial charge in [0.2, 0.25) is 0 Å². The summed E-state index contributed by atoms with van der Waals surface area (Å²) < 4.78 is 1.09. The topological polar surface area (TPSA) is 79.6 Å². The fraction of sp³-hybridized carbons (Fsp3) is 0.0909. The Morgan fingerprint density at radius 1 is 1.35 bits per heavy atom. The van der Waals surface area contributed by atoms with Gasteiger partial charge in [-0.2, -0.15) is 5.10 Å². The van der Waals surface area contributed by atoms with E-state index < -0.39 is 0 Å². The smallest absolute Gasteiger partial charge is 0.184 e. The molecular weight excluding hydrogens is 234 g/mol. The molecule has 0 radical (unpaired) electrons. The molecule has 0 unspecified atom stereocenters. The summed E-state index contributed by atoms with van der Waals surface area (Å²) in [6, 6.07) is 7.66. The van der Waals surface area contributed by atoms with Gasteiger partial charge in [0.1, 0.15) is 0 Å². The number of aromatic amines is 1. The third-order valence-electron chi connectivity index (χ3n) is 2.40. The first-order chi connectivity index (χ1) is 8.31. The fourth-order valence-corrected chi connectivity index (χ4v) is 2.48. The number of thiazole rings is 1. The van der Waals surface area contributed by atoms with Crippen molar-refractivity contribution < 1.29 is 0 Å². The molecule has 3 rings (SSSR count). The second-order valence-electron chi connectivity index (χ2n) is 3.68. The van der Waals surface area contributed by atoms with E-state index in [-0.39, 0.29) is 0 Å². The lowest BCUT2D eigenvalue weighted by Gasteiger charge is -1.97. The van der Waals surface area contributed by atoms with Crippen LogP contribution in [-0.4, -0.2) is 15.2 Å². The Morgan fingerprint density at radius 3 is 3.12 bits per heavy atom. The van der Waals surface area contributed by atoms with Crippen molar-refractivity contribution in [3.63, 3.8) is 0 Å². The van der Waals surface area contributed by atoms with Crippen LogP contribution in [0.1, 0.15) is 5.69 Å². The van der Waals surface area contributed by atoms with Crippen LogP contribution in [0, 0.1) is 0 Å². The number of rotatable bonds is 3. The van der Waals surface area contributed by atoms with Crippen molar-refractivity contribution in [2.24, 2.45) is 0 Å². The average molecular weight is 245 g/mol. The lowest BCUT2D eigenvalue weighted by molar-refractivity contribution is 0.980.